The van der Waals surface area contributed by atoms with Crippen LogP contribution in [-0.2, 0) is 21.7 Å². The Bertz CT molecular complexity index is 4020. The SMILES string of the molecule is C=CCN1C(=O)c2cc(Oc3ccc(C(C)(C)CC(C)(C)C)cc3)c3c4c(Oc5ccc(C(C)(C)CC(C)(C)C)cc5)cc5c6c(cc(Oc7ccc(C(C)(C)CC(C)(C)C)cc7)c(c7c(Oc8ccc(C(C)(C)CC(C)(C)C)cc8)cc(c2c37)C1=O)c64)C(=O)N(CC=C)C5=O. The second-order valence-corrected chi connectivity index (χ2v) is 34.7. The summed E-state index contributed by atoms with van der Waals surface area (Å²) in [5.41, 5.74) is 4.78. The number of fused-ring (bicyclic) bond motifs is 2. The Balaban J connectivity index is 1.31. The van der Waals surface area contributed by atoms with E-state index in [2.05, 4.69) is 200 Å². The van der Waals surface area contributed by atoms with Gasteiger partial charge in [-0.25, -0.2) is 0 Å². The van der Waals surface area contributed by atoms with Crippen molar-refractivity contribution < 1.29 is 38.1 Å². The fraction of sp³-hybridized carbons (Fsp3) is 0.395. The zero-order chi connectivity index (χ0) is 69.9. The first-order chi connectivity index (χ1) is 44.6. The maximum atomic E-state index is 15.5. The minimum absolute atomic E-state index is 0.0484. The van der Waals surface area contributed by atoms with Gasteiger partial charge in [0, 0.05) is 56.2 Å². The van der Waals surface area contributed by atoms with E-state index in [-0.39, 0.29) is 102 Å². The maximum Gasteiger partial charge on any atom is 0.261 e. The van der Waals surface area contributed by atoms with E-state index in [0.717, 1.165) is 47.9 Å². The molecule has 0 spiro atoms. The Morgan fingerprint density at radius 2 is 0.479 bits per heavy atom. The third kappa shape index (κ3) is 13.3. The first kappa shape index (κ1) is 68.6. The quantitative estimate of drug-likeness (QED) is 0.0321. The highest BCUT2D eigenvalue weighted by molar-refractivity contribution is 6.45. The molecule has 0 unspecified atom stereocenters. The molecule has 0 atom stereocenters. The van der Waals surface area contributed by atoms with Gasteiger partial charge in [0.25, 0.3) is 23.6 Å². The number of hydrogen-bond donors (Lipinski definition) is 0. The van der Waals surface area contributed by atoms with Crippen LogP contribution in [0.3, 0.4) is 0 Å². The fourth-order valence-electron chi connectivity index (χ4n) is 16.6. The van der Waals surface area contributed by atoms with Gasteiger partial charge in [-0.2, -0.15) is 0 Å². The highest BCUT2D eigenvalue weighted by Gasteiger charge is 2.42. The smallest absolute Gasteiger partial charge is 0.261 e. The van der Waals surface area contributed by atoms with Crippen molar-refractivity contribution in [3.8, 4) is 46.0 Å². The van der Waals surface area contributed by atoms with E-state index in [1.807, 2.05) is 48.5 Å². The summed E-state index contributed by atoms with van der Waals surface area (Å²) in [6.07, 6.45) is 6.78. The van der Waals surface area contributed by atoms with Crippen molar-refractivity contribution in [2.24, 2.45) is 21.7 Å². The van der Waals surface area contributed by atoms with Crippen molar-refractivity contribution >= 4 is 66.7 Å². The van der Waals surface area contributed by atoms with E-state index in [1.165, 1.54) is 9.80 Å². The Hall–Kier alpha value is -8.76. The number of nitrogens with zero attached hydrogens (tertiary/aromatic N) is 2. The fourth-order valence-corrected chi connectivity index (χ4v) is 16.6. The molecule has 0 fully saturated rings. The zero-order valence-electron chi connectivity index (χ0n) is 60.5. The molecule has 0 aromatic heterocycles. The highest BCUT2D eigenvalue weighted by Crippen LogP contribution is 2.58. The van der Waals surface area contributed by atoms with E-state index in [4.69, 9.17) is 18.9 Å². The minimum Gasteiger partial charge on any atom is -0.457 e. The lowest BCUT2D eigenvalue weighted by atomic mass is 9.72. The average molecular weight is 1290 g/mol. The monoisotopic (exact) mass is 1290 g/mol. The molecule has 500 valence electrons. The summed E-state index contributed by atoms with van der Waals surface area (Å²) in [5, 5.41) is 3.42. The van der Waals surface area contributed by atoms with Gasteiger partial charge in [0.1, 0.15) is 46.0 Å². The second-order valence-electron chi connectivity index (χ2n) is 34.7. The van der Waals surface area contributed by atoms with Crippen LogP contribution in [0, 0.1) is 21.7 Å². The van der Waals surface area contributed by atoms with Crippen molar-refractivity contribution in [1.29, 1.82) is 0 Å². The van der Waals surface area contributed by atoms with Gasteiger partial charge in [0.2, 0.25) is 0 Å². The third-order valence-electron chi connectivity index (χ3n) is 19.0. The molecule has 0 saturated heterocycles. The largest absolute Gasteiger partial charge is 0.457 e. The van der Waals surface area contributed by atoms with Crippen molar-refractivity contribution in [2.45, 2.75) is 186 Å². The van der Waals surface area contributed by atoms with Crippen LogP contribution in [-0.4, -0.2) is 46.5 Å². The number of carbonyl (C=O) groups excluding carboxylic acids is 4. The van der Waals surface area contributed by atoms with Gasteiger partial charge in [-0.15, -0.1) is 13.2 Å². The molecule has 9 aromatic rings. The molecule has 9 aromatic carbocycles. The van der Waals surface area contributed by atoms with Crippen molar-refractivity contribution in [3.63, 3.8) is 0 Å². The van der Waals surface area contributed by atoms with Gasteiger partial charge in [-0.05, 0) is 164 Å². The number of imide groups is 2. The molecule has 4 amide bonds. The Morgan fingerprint density at radius 1 is 0.292 bits per heavy atom. The summed E-state index contributed by atoms with van der Waals surface area (Å²) >= 11 is 0. The maximum absolute atomic E-state index is 15.5. The minimum atomic E-state index is -0.539. The van der Waals surface area contributed by atoms with Gasteiger partial charge < -0.3 is 18.9 Å². The summed E-state index contributed by atoms with van der Waals surface area (Å²) in [6, 6.07) is 39.3. The van der Waals surface area contributed by atoms with Crippen molar-refractivity contribution in [2.75, 3.05) is 13.1 Å². The average Bonchev–Trinajstić information content (AvgIpc) is 0.673. The summed E-state index contributed by atoms with van der Waals surface area (Å²) in [6.45, 7) is 52.8. The van der Waals surface area contributed by atoms with Gasteiger partial charge in [0.15, 0.2) is 0 Å². The molecule has 10 heteroatoms. The van der Waals surface area contributed by atoms with Crippen LogP contribution in [0.4, 0.5) is 0 Å². The number of amides is 4. The van der Waals surface area contributed by atoms with E-state index >= 15 is 19.2 Å². The predicted octanol–water partition coefficient (Wildman–Crippen LogP) is 23.3. The number of benzene rings is 9. The molecule has 0 aliphatic carbocycles. The molecule has 0 saturated carbocycles. The van der Waals surface area contributed by atoms with Crippen molar-refractivity contribution in [1.82, 2.24) is 9.80 Å². The first-order valence-electron chi connectivity index (χ1n) is 34.0. The van der Waals surface area contributed by atoms with Crippen LogP contribution in [0.5, 0.6) is 46.0 Å². The van der Waals surface area contributed by atoms with Crippen molar-refractivity contribution in [3.05, 3.63) is 191 Å². The zero-order valence-corrected chi connectivity index (χ0v) is 60.5. The van der Waals surface area contributed by atoms with Crippen LogP contribution in [0.15, 0.2) is 147 Å². The number of carbonyl (C=O) groups is 4. The molecule has 96 heavy (non-hydrogen) atoms. The van der Waals surface area contributed by atoms with E-state index in [0.29, 0.717) is 66.1 Å². The molecule has 2 aliphatic rings. The number of rotatable bonds is 20. The second kappa shape index (κ2) is 24.1. The molecule has 0 bridgehead atoms. The van der Waals surface area contributed by atoms with Gasteiger partial charge in [-0.1, -0.05) is 199 Å². The standard InChI is InChI=1S/C86H98N2O8/c1-23-41-87-75(89)59-43-63(93-55-33-25-51(26-34-55)83(15,16)47-79(3,4)5)69-71-65(95-57-37-29-53(30-38-57)85(19,20)49-81(9,10)11)45-61-68-62(78(92)88(42-24-2)77(61)91)46-66(96-58-39-31-54(32-40-58)86(21,22)50-82(12,13)14)72(74(68)71)70-64(44-60(76(87)90)67(59)73(69)70)94-56-35-27-52(28-36-56)84(17,18)48-80(6,7)8/h23-40,43-46H,1-2,41-42,47-50H2,3-22H3. The molecule has 0 radical (unpaired) electrons. The summed E-state index contributed by atoms with van der Waals surface area (Å²) in [5.74, 6) is 0.771. The molecule has 2 aliphatic heterocycles. The van der Waals surface area contributed by atoms with E-state index in [9.17, 15) is 0 Å². The molecule has 2 heterocycles. The third-order valence-corrected chi connectivity index (χ3v) is 19.0. The molecular formula is C86H98N2O8. The molecule has 0 N–H and O–H groups in total. The molecular weight excluding hydrogens is 1190 g/mol. The Morgan fingerprint density at radius 3 is 0.646 bits per heavy atom. The van der Waals surface area contributed by atoms with Gasteiger partial charge in [0.05, 0.1) is 22.3 Å². The van der Waals surface area contributed by atoms with Crippen LogP contribution in [0.1, 0.15) is 228 Å². The number of hydrogen-bond acceptors (Lipinski definition) is 8. The summed E-state index contributed by atoms with van der Waals surface area (Å²) in [7, 11) is 0. The van der Waals surface area contributed by atoms with Gasteiger partial charge in [-0.3, -0.25) is 29.0 Å². The van der Waals surface area contributed by atoms with E-state index in [1.54, 1.807) is 36.4 Å². The Kier molecular flexibility index (Phi) is 17.2. The number of ether oxygens (including phenoxy) is 4. The van der Waals surface area contributed by atoms with Crippen LogP contribution < -0.4 is 18.9 Å². The topological polar surface area (TPSA) is 112 Å². The van der Waals surface area contributed by atoms with Crippen LogP contribution in [0.25, 0.3) is 43.1 Å². The summed E-state index contributed by atoms with van der Waals surface area (Å²) in [4.78, 5) is 64.4. The lowest BCUT2D eigenvalue weighted by Crippen LogP contribution is -2.40. The predicted molar refractivity (Wildman–Crippen MR) is 393 cm³/mol. The lowest BCUT2D eigenvalue weighted by Gasteiger charge is -2.33. The van der Waals surface area contributed by atoms with Crippen LogP contribution in [0.2, 0.25) is 0 Å². The Labute approximate surface area is 569 Å². The molecule has 11 rings (SSSR count). The normalized spacial score (nSPS) is 14.4. The van der Waals surface area contributed by atoms with E-state index < -0.39 is 23.6 Å². The van der Waals surface area contributed by atoms with Gasteiger partial charge >= 0.3 is 0 Å². The summed E-state index contributed by atoms with van der Waals surface area (Å²) < 4.78 is 29.4. The lowest BCUT2D eigenvalue weighted by molar-refractivity contribution is 0.0613. The highest BCUT2D eigenvalue weighted by atomic mass is 16.5. The molecule has 10 nitrogen and oxygen atoms in total. The van der Waals surface area contributed by atoms with Crippen LogP contribution >= 0.6 is 0 Å². The first-order valence-corrected chi connectivity index (χ1v) is 34.0.